The van der Waals surface area contributed by atoms with Crippen molar-refractivity contribution in [3.05, 3.63) is 0 Å². The highest BCUT2D eigenvalue weighted by Gasteiger charge is 2.74. The Morgan fingerprint density at radius 2 is 0.446 bits per heavy atom. The third-order valence-electron chi connectivity index (χ3n) is 14.1. The van der Waals surface area contributed by atoms with Gasteiger partial charge in [0, 0.05) is 22.2 Å². The van der Waals surface area contributed by atoms with Crippen molar-refractivity contribution in [3.8, 4) is 0 Å². The van der Waals surface area contributed by atoms with Crippen LogP contribution >= 0.6 is 0 Å². The zero-order chi connectivity index (χ0) is 40.7. The monoisotopic (exact) mass is 857 g/mol. The molecule has 328 valence electrons. The van der Waals surface area contributed by atoms with Crippen LogP contribution in [0.2, 0.25) is 22.2 Å². The van der Waals surface area contributed by atoms with Crippen LogP contribution in [0.1, 0.15) is 212 Å². The van der Waals surface area contributed by atoms with E-state index in [4.69, 9.17) is 35.4 Å². The lowest BCUT2D eigenvalue weighted by Gasteiger charge is -2.63. The van der Waals surface area contributed by atoms with Gasteiger partial charge in [0.05, 0.1) is 47.3 Å². The number of hydrogen-bond donors (Lipinski definition) is 0. The fourth-order valence-corrected chi connectivity index (χ4v) is 41.9. The van der Waals surface area contributed by atoms with E-state index in [1.807, 2.05) is 0 Å². The van der Waals surface area contributed by atoms with E-state index in [1.165, 1.54) is 77.0 Å². The summed E-state index contributed by atoms with van der Waals surface area (Å²) < 4.78 is 63.5. The van der Waals surface area contributed by atoms with Crippen LogP contribution in [0, 0.1) is 0 Å². The summed E-state index contributed by atoms with van der Waals surface area (Å²) in [4.78, 5) is 0. The van der Waals surface area contributed by atoms with Crippen LogP contribution in [0.3, 0.4) is 0 Å². The van der Waals surface area contributed by atoms with Gasteiger partial charge in [0.1, 0.15) is 0 Å². The molecule has 56 heavy (non-hydrogen) atoms. The highest BCUT2D eigenvalue weighted by atomic mass is 28.5. The minimum Gasteiger partial charge on any atom is -0.412 e. The number of ether oxygens (including phenoxy) is 4. The van der Waals surface area contributed by atoms with Crippen molar-refractivity contribution in [1.82, 2.24) is 0 Å². The molecule has 0 spiro atoms. The Hall–Kier alpha value is 0.548. The first-order valence-corrected chi connectivity index (χ1v) is 31.9. The molecule has 0 aromatic rings. The van der Waals surface area contributed by atoms with Crippen LogP contribution in [0.25, 0.3) is 0 Å². The molecular weight excluding hydrogens is 769 g/mol. The first kappa shape index (κ1) is 47.6. The van der Waals surface area contributed by atoms with Crippen molar-refractivity contribution in [2.24, 2.45) is 0 Å². The molecule has 1 saturated heterocycles. The third kappa shape index (κ3) is 10.8. The second-order valence-corrected chi connectivity index (χ2v) is 35.5. The average molecular weight is 858 g/mol. The zero-order valence-electron chi connectivity index (χ0n) is 38.3. The lowest BCUT2D eigenvalue weighted by molar-refractivity contribution is -0.0146. The largest absolute Gasteiger partial charge is 0.412 e. The van der Waals surface area contributed by atoms with Gasteiger partial charge in [-0.05, 0) is 134 Å². The highest BCUT2D eigenvalue weighted by Crippen LogP contribution is 2.57. The van der Waals surface area contributed by atoms with Crippen molar-refractivity contribution >= 4 is 34.2 Å². The molecule has 0 N–H and O–H groups in total. The van der Waals surface area contributed by atoms with E-state index in [0.717, 1.165) is 51.4 Å². The van der Waals surface area contributed by atoms with Gasteiger partial charge in [0.2, 0.25) is 0 Å². The quantitative estimate of drug-likeness (QED) is 0.142. The number of hydrogen-bond acceptors (Lipinski definition) is 8. The predicted molar refractivity (Wildman–Crippen MR) is 237 cm³/mol. The van der Waals surface area contributed by atoms with Crippen LogP contribution in [-0.2, 0) is 35.4 Å². The van der Waals surface area contributed by atoms with Gasteiger partial charge in [-0.25, -0.2) is 0 Å². The van der Waals surface area contributed by atoms with Gasteiger partial charge in [-0.2, -0.15) is 0 Å². The summed E-state index contributed by atoms with van der Waals surface area (Å²) in [6, 6.07) is 0. The standard InChI is InChI=1S/C44H88O8Si4/c1-33(2)45-37(9)53(41-25-17-13-18-26-41)49-54(38(10)46-34(3)4,42-27-19-14-20-28-42)51-56(40(12)48-36(7)8,44-31-23-16-24-32-44)52-55(50-53,39(11)47-35(5)6)43-29-21-15-22-30-43/h33-44H,13-32H2,1-12H3. The van der Waals surface area contributed by atoms with Gasteiger partial charge in [0.15, 0.2) is 0 Å². The van der Waals surface area contributed by atoms with Gasteiger partial charge in [0.25, 0.3) is 0 Å². The van der Waals surface area contributed by atoms with Crippen LogP contribution in [0.4, 0.5) is 0 Å². The molecule has 0 radical (unpaired) electrons. The van der Waals surface area contributed by atoms with Crippen molar-refractivity contribution in [2.75, 3.05) is 0 Å². The van der Waals surface area contributed by atoms with Gasteiger partial charge in [-0.15, -0.1) is 0 Å². The summed E-state index contributed by atoms with van der Waals surface area (Å²) in [7, 11) is -13.6. The number of rotatable bonds is 16. The molecule has 5 aliphatic rings. The Morgan fingerprint density at radius 1 is 0.286 bits per heavy atom. The fraction of sp³-hybridized carbons (Fsp3) is 1.00. The van der Waals surface area contributed by atoms with E-state index in [-0.39, 0.29) is 69.5 Å². The smallest absolute Gasteiger partial charge is 0.353 e. The SMILES string of the molecule is CC(C)OC(C)[Si]1(C2CCCCC2)O[Si](C2CCCCC2)(C(C)OC(C)C)O[Si](C2CCCCC2)(C(C)OC(C)C)O[Si](C2CCCCC2)(C(C)OC(C)C)O1. The van der Waals surface area contributed by atoms with Crippen LogP contribution in [0.5, 0.6) is 0 Å². The Balaban J connectivity index is 1.91. The van der Waals surface area contributed by atoms with E-state index in [1.54, 1.807) is 0 Å². The maximum atomic E-state index is 8.74. The van der Waals surface area contributed by atoms with Crippen molar-refractivity contribution in [1.29, 1.82) is 0 Å². The van der Waals surface area contributed by atoms with Crippen molar-refractivity contribution < 1.29 is 35.4 Å². The Kier molecular flexibility index (Phi) is 17.9. The first-order chi connectivity index (χ1) is 26.6. The minimum atomic E-state index is -3.40. The molecule has 4 unspecified atom stereocenters. The molecular formula is C44H88O8Si4. The van der Waals surface area contributed by atoms with Crippen LogP contribution in [0.15, 0.2) is 0 Å². The van der Waals surface area contributed by atoms with Crippen molar-refractivity contribution in [2.45, 2.75) is 281 Å². The summed E-state index contributed by atoms with van der Waals surface area (Å²) in [5.74, 6) is 0. The molecule has 4 atom stereocenters. The van der Waals surface area contributed by atoms with E-state index < -0.39 is 34.2 Å². The molecule has 5 rings (SSSR count). The van der Waals surface area contributed by atoms with E-state index in [2.05, 4.69) is 83.1 Å². The normalized spacial score (nSPS) is 35.1. The summed E-state index contributed by atoms with van der Waals surface area (Å²) in [6.07, 6.45) is 23.7. The lowest BCUT2D eigenvalue weighted by atomic mass is 10.0. The summed E-state index contributed by atoms with van der Waals surface area (Å²) in [5, 5.41) is 0. The summed E-state index contributed by atoms with van der Waals surface area (Å²) in [5.41, 5.74) is 0.345. The maximum absolute atomic E-state index is 8.74. The van der Waals surface area contributed by atoms with Gasteiger partial charge >= 0.3 is 34.2 Å². The molecule has 12 heteroatoms. The Bertz CT molecular complexity index is 966. The minimum absolute atomic E-state index is 0.0396. The van der Waals surface area contributed by atoms with Gasteiger partial charge < -0.3 is 35.4 Å². The summed E-state index contributed by atoms with van der Waals surface area (Å²) >= 11 is 0. The van der Waals surface area contributed by atoms with Gasteiger partial charge in [-0.3, -0.25) is 0 Å². The zero-order valence-corrected chi connectivity index (χ0v) is 42.3. The molecule has 0 bridgehead atoms. The first-order valence-electron chi connectivity index (χ1n) is 24.0. The predicted octanol–water partition coefficient (Wildman–Crippen LogP) is 12.6. The molecule has 4 aliphatic carbocycles. The average Bonchev–Trinajstić information content (AvgIpc) is 3.15. The van der Waals surface area contributed by atoms with Crippen LogP contribution < -0.4 is 0 Å². The molecule has 0 aromatic heterocycles. The second-order valence-electron chi connectivity index (χ2n) is 19.9. The Morgan fingerprint density at radius 3 is 0.589 bits per heavy atom. The lowest BCUT2D eigenvalue weighted by Crippen LogP contribution is -2.82. The van der Waals surface area contributed by atoms with Gasteiger partial charge in [-0.1, -0.05) is 77.0 Å². The maximum Gasteiger partial charge on any atom is 0.353 e. The fourth-order valence-electron chi connectivity index (χ4n) is 11.8. The molecule has 1 heterocycles. The molecule has 1 aliphatic heterocycles. The molecule has 8 nitrogen and oxygen atoms in total. The Labute approximate surface area is 349 Å². The van der Waals surface area contributed by atoms with Crippen LogP contribution in [-0.4, -0.2) is 81.6 Å². The van der Waals surface area contributed by atoms with E-state index in [0.29, 0.717) is 0 Å². The molecule has 0 amide bonds. The molecule has 4 saturated carbocycles. The van der Waals surface area contributed by atoms with E-state index >= 15 is 0 Å². The molecule has 5 fully saturated rings. The third-order valence-corrected chi connectivity index (χ3v) is 36.3. The van der Waals surface area contributed by atoms with E-state index in [9.17, 15) is 0 Å². The summed E-state index contributed by atoms with van der Waals surface area (Å²) in [6.45, 7) is 26.8. The highest BCUT2D eigenvalue weighted by molar-refractivity contribution is 6.97. The van der Waals surface area contributed by atoms with Crippen molar-refractivity contribution in [3.63, 3.8) is 0 Å². The second kappa shape index (κ2) is 21.1. The topological polar surface area (TPSA) is 73.8 Å². The molecule has 0 aromatic carbocycles.